The Morgan fingerprint density at radius 2 is 2.42 bits per heavy atom. The molecule has 128 valence electrons. The van der Waals surface area contributed by atoms with Crippen molar-refractivity contribution in [1.82, 2.24) is 19.9 Å². The minimum Gasteiger partial charge on any atom is -0.471 e. The van der Waals surface area contributed by atoms with E-state index in [4.69, 9.17) is 21.1 Å². The second-order valence-corrected chi connectivity index (χ2v) is 5.95. The number of hydrogen-bond donors (Lipinski definition) is 1. The van der Waals surface area contributed by atoms with Crippen LogP contribution in [0.5, 0.6) is 5.88 Å². The van der Waals surface area contributed by atoms with Crippen molar-refractivity contribution in [2.24, 2.45) is 0 Å². The van der Waals surface area contributed by atoms with Crippen LogP contribution in [0.3, 0.4) is 0 Å². The van der Waals surface area contributed by atoms with Crippen molar-refractivity contribution < 1.29 is 14.3 Å². The number of pyridine rings is 1. The van der Waals surface area contributed by atoms with Crippen LogP contribution in [-0.2, 0) is 11.3 Å². The molecule has 0 saturated carbocycles. The Balaban J connectivity index is 1.54. The first-order valence-electron chi connectivity index (χ1n) is 7.79. The zero-order chi connectivity index (χ0) is 16.9. The quantitative estimate of drug-likeness (QED) is 0.860. The van der Waals surface area contributed by atoms with Gasteiger partial charge < -0.3 is 19.4 Å². The van der Waals surface area contributed by atoms with E-state index in [1.54, 1.807) is 12.3 Å². The molecule has 1 N–H and O–H groups in total. The molecule has 0 radical (unpaired) electrons. The van der Waals surface area contributed by atoms with E-state index in [0.29, 0.717) is 42.8 Å². The number of nitrogens with zero attached hydrogens (tertiary/aromatic N) is 3. The molecule has 0 aromatic carbocycles. The lowest BCUT2D eigenvalue weighted by Gasteiger charge is -2.13. The number of hydrogen-bond acceptors (Lipinski definition) is 5. The van der Waals surface area contributed by atoms with Gasteiger partial charge in [0.15, 0.2) is 0 Å². The maximum absolute atomic E-state index is 12.2. The highest BCUT2D eigenvalue weighted by Gasteiger charge is 2.20. The van der Waals surface area contributed by atoms with E-state index in [0.717, 1.165) is 12.2 Å². The number of nitrogens with one attached hydrogen (secondary N) is 1. The molecule has 24 heavy (non-hydrogen) atoms. The highest BCUT2D eigenvalue weighted by molar-refractivity contribution is 6.32. The van der Waals surface area contributed by atoms with E-state index >= 15 is 0 Å². The molecule has 3 rings (SSSR count). The maximum atomic E-state index is 12.2. The summed E-state index contributed by atoms with van der Waals surface area (Å²) in [5.41, 5.74) is 0.400. The zero-order valence-corrected chi connectivity index (χ0v) is 14.1. The third kappa shape index (κ3) is 4.04. The second kappa shape index (κ2) is 7.63. The van der Waals surface area contributed by atoms with E-state index in [2.05, 4.69) is 15.3 Å². The normalized spacial score (nSPS) is 17.0. The lowest BCUT2D eigenvalue weighted by molar-refractivity contribution is 0.0951. The third-order valence-corrected chi connectivity index (χ3v) is 4.07. The van der Waals surface area contributed by atoms with Gasteiger partial charge in [-0.25, -0.2) is 9.97 Å². The number of rotatable bonds is 6. The van der Waals surface area contributed by atoms with Gasteiger partial charge in [0.1, 0.15) is 17.0 Å². The Kier molecular flexibility index (Phi) is 5.32. The molecule has 1 atom stereocenters. The van der Waals surface area contributed by atoms with Crippen LogP contribution in [0.4, 0.5) is 0 Å². The number of aryl methyl sites for hydroxylation is 1. The summed E-state index contributed by atoms with van der Waals surface area (Å²) in [6.45, 7) is 4.28. The molecule has 2 aromatic rings. The first-order chi connectivity index (χ1) is 11.6. The highest BCUT2D eigenvalue weighted by Crippen LogP contribution is 2.25. The average Bonchev–Trinajstić information content (AvgIpc) is 3.21. The summed E-state index contributed by atoms with van der Waals surface area (Å²) >= 11 is 6.17. The molecule has 2 aromatic heterocycles. The minimum absolute atomic E-state index is 0.0342. The Morgan fingerprint density at radius 3 is 3.08 bits per heavy atom. The molecule has 1 aliphatic heterocycles. The molecular weight excluding hydrogens is 332 g/mol. The van der Waals surface area contributed by atoms with Crippen LogP contribution in [0.2, 0.25) is 5.02 Å². The SMILES string of the molecule is Cc1nccn1CCNC(=O)c1cnc(OC2CCOC2)c(Cl)c1. The number of halogens is 1. The second-order valence-electron chi connectivity index (χ2n) is 5.54. The van der Waals surface area contributed by atoms with Crippen molar-refractivity contribution in [3.05, 3.63) is 41.1 Å². The lowest BCUT2D eigenvalue weighted by atomic mass is 10.2. The van der Waals surface area contributed by atoms with Crippen LogP contribution in [0, 0.1) is 6.92 Å². The van der Waals surface area contributed by atoms with Gasteiger partial charge in [-0.3, -0.25) is 4.79 Å². The van der Waals surface area contributed by atoms with Crippen LogP contribution in [0.25, 0.3) is 0 Å². The van der Waals surface area contributed by atoms with Crippen molar-refractivity contribution in [2.45, 2.75) is 26.0 Å². The number of imidazole rings is 1. The summed E-state index contributed by atoms with van der Waals surface area (Å²) in [7, 11) is 0. The van der Waals surface area contributed by atoms with Gasteiger partial charge in [0.05, 0.1) is 18.8 Å². The fourth-order valence-electron chi connectivity index (χ4n) is 2.43. The van der Waals surface area contributed by atoms with Gasteiger partial charge in [-0.15, -0.1) is 0 Å². The Hall–Kier alpha value is -2.12. The maximum Gasteiger partial charge on any atom is 0.252 e. The Bertz CT molecular complexity index is 713. The van der Waals surface area contributed by atoms with Crippen LogP contribution in [-0.4, -0.2) is 46.3 Å². The van der Waals surface area contributed by atoms with Crippen molar-refractivity contribution >= 4 is 17.5 Å². The molecule has 3 heterocycles. The molecule has 0 aliphatic carbocycles. The summed E-state index contributed by atoms with van der Waals surface area (Å²) in [6.07, 6.45) is 5.85. The minimum atomic E-state index is -0.224. The molecule has 8 heteroatoms. The predicted octanol–water partition coefficient (Wildman–Crippen LogP) is 1.84. The van der Waals surface area contributed by atoms with Gasteiger partial charge in [-0.05, 0) is 13.0 Å². The number of amides is 1. The predicted molar refractivity (Wildman–Crippen MR) is 88.4 cm³/mol. The van der Waals surface area contributed by atoms with E-state index in [1.807, 2.05) is 17.7 Å². The molecular formula is C16H19ClN4O3. The molecule has 1 aliphatic rings. The molecule has 7 nitrogen and oxygen atoms in total. The van der Waals surface area contributed by atoms with E-state index in [-0.39, 0.29) is 12.0 Å². The highest BCUT2D eigenvalue weighted by atomic mass is 35.5. The van der Waals surface area contributed by atoms with Gasteiger partial charge in [-0.2, -0.15) is 0 Å². The van der Waals surface area contributed by atoms with E-state index < -0.39 is 0 Å². The summed E-state index contributed by atoms with van der Waals surface area (Å²) in [6, 6.07) is 1.57. The monoisotopic (exact) mass is 350 g/mol. The molecule has 0 spiro atoms. The molecule has 0 bridgehead atoms. The summed E-state index contributed by atoms with van der Waals surface area (Å²) in [4.78, 5) is 20.5. The van der Waals surface area contributed by atoms with Crippen molar-refractivity contribution in [2.75, 3.05) is 19.8 Å². The fourth-order valence-corrected chi connectivity index (χ4v) is 2.64. The topological polar surface area (TPSA) is 78.3 Å². The summed E-state index contributed by atoms with van der Waals surface area (Å²) in [5, 5.41) is 3.16. The first kappa shape index (κ1) is 16.7. The van der Waals surface area contributed by atoms with Crippen molar-refractivity contribution in [1.29, 1.82) is 0 Å². The average molecular weight is 351 g/mol. The lowest BCUT2D eigenvalue weighted by Crippen LogP contribution is -2.27. The number of aromatic nitrogens is 3. The van der Waals surface area contributed by atoms with Crippen molar-refractivity contribution in [3.63, 3.8) is 0 Å². The summed E-state index contributed by atoms with van der Waals surface area (Å²) < 4.78 is 12.9. The zero-order valence-electron chi connectivity index (χ0n) is 13.4. The number of carbonyl (C=O) groups excluding carboxylic acids is 1. The van der Waals surface area contributed by atoms with Gasteiger partial charge in [0, 0.05) is 38.1 Å². The third-order valence-electron chi connectivity index (χ3n) is 3.80. The Labute approximate surface area is 145 Å². The first-order valence-corrected chi connectivity index (χ1v) is 8.17. The molecule has 1 unspecified atom stereocenters. The van der Waals surface area contributed by atoms with Crippen LogP contribution in [0.1, 0.15) is 22.6 Å². The van der Waals surface area contributed by atoms with Gasteiger partial charge >= 0.3 is 0 Å². The van der Waals surface area contributed by atoms with Gasteiger partial charge in [-0.1, -0.05) is 11.6 Å². The van der Waals surface area contributed by atoms with Gasteiger partial charge in [0.25, 0.3) is 5.91 Å². The Morgan fingerprint density at radius 1 is 1.54 bits per heavy atom. The summed E-state index contributed by atoms with van der Waals surface area (Å²) in [5.74, 6) is 1.02. The van der Waals surface area contributed by atoms with E-state index in [1.165, 1.54) is 6.20 Å². The molecule has 1 fully saturated rings. The van der Waals surface area contributed by atoms with Crippen LogP contribution in [0.15, 0.2) is 24.7 Å². The van der Waals surface area contributed by atoms with Crippen molar-refractivity contribution in [3.8, 4) is 5.88 Å². The molecule has 1 saturated heterocycles. The fraction of sp³-hybridized carbons (Fsp3) is 0.438. The van der Waals surface area contributed by atoms with Gasteiger partial charge in [0.2, 0.25) is 5.88 Å². The van der Waals surface area contributed by atoms with E-state index in [9.17, 15) is 4.79 Å². The smallest absolute Gasteiger partial charge is 0.252 e. The van der Waals surface area contributed by atoms with Crippen LogP contribution < -0.4 is 10.1 Å². The largest absolute Gasteiger partial charge is 0.471 e. The molecule has 1 amide bonds. The number of carbonyl (C=O) groups is 1. The number of ether oxygens (including phenoxy) is 2. The standard InChI is InChI=1S/C16H19ClN4O3/c1-11-18-3-5-21(11)6-4-19-15(22)12-8-14(17)16(20-9-12)24-13-2-7-23-10-13/h3,5,8-9,13H,2,4,6-7,10H2,1H3,(H,19,22). The van der Waals surface area contributed by atoms with Crippen LogP contribution >= 0.6 is 11.6 Å².